The quantitative estimate of drug-likeness (QED) is 0.0974. The molecule has 0 saturated heterocycles. The summed E-state index contributed by atoms with van der Waals surface area (Å²) in [6.07, 6.45) is 32.1. The fraction of sp³-hybridized carbons (Fsp3) is 0.556. The van der Waals surface area contributed by atoms with Crippen molar-refractivity contribution in [2.24, 2.45) is 11.8 Å². The highest BCUT2D eigenvalue weighted by molar-refractivity contribution is 7.92. The molecule has 0 spiro atoms. The topological polar surface area (TPSA) is 52.6 Å². The first kappa shape index (κ1) is 51.9. The van der Waals surface area contributed by atoms with Crippen LogP contribution in [-0.4, -0.2) is 40.1 Å². The summed E-state index contributed by atoms with van der Waals surface area (Å²) in [5.41, 5.74) is 11.8. The van der Waals surface area contributed by atoms with E-state index in [0.717, 1.165) is 81.8 Å². The van der Waals surface area contributed by atoms with Crippen molar-refractivity contribution in [2.45, 2.75) is 176 Å². The smallest absolute Gasteiger partial charge is 0.185 e. The van der Waals surface area contributed by atoms with Gasteiger partial charge in [0.05, 0.1) is 22.4 Å². The lowest BCUT2D eigenvalue weighted by Gasteiger charge is -2.43. The van der Waals surface area contributed by atoms with E-state index >= 15 is 0 Å². The van der Waals surface area contributed by atoms with E-state index in [0.29, 0.717) is 23.2 Å². The fourth-order valence-electron chi connectivity index (χ4n) is 8.35. The van der Waals surface area contributed by atoms with Crippen LogP contribution in [0.25, 0.3) is 0 Å². The zero-order valence-corrected chi connectivity index (χ0v) is 40.3. The molecular formula is C54H82O4S. The average Bonchev–Trinajstić information content (AvgIpc) is 3.19. The molecule has 0 aromatic heterocycles. The van der Waals surface area contributed by atoms with Crippen LogP contribution >= 0.6 is 0 Å². The number of hydrogen-bond acceptors (Lipinski definition) is 4. The Kier molecular flexibility index (Phi) is 24.2. The molecule has 5 atom stereocenters. The molecule has 0 N–H and O–H groups in total. The third-order valence-corrected chi connectivity index (χ3v) is 14.1. The summed E-state index contributed by atoms with van der Waals surface area (Å²) in [4.78, 5) is 0.384. The highest BCUT2D eigenvalue weighted by Crippen LogP contribution is 2.42. The molecule has 0 radical (unpaired) electrons. The Bertz CT molecular complexity index is 1820. The summed E-state index contributed by atoms with van der Waals surface area (Å²) in [5.74, 6) is 0.630. The molecule has 1 aliphatic rings. The van der Waals surface area contributed by atoms with Crippen molar-refractivity contribution >= 4 is 9.84 Å². The van der Waals surface area contributed by atoms with Crippen molar-refractivity contribution in [3.05, 3.63) is 135 Å². The number of allylic oxidation sites excluding steroid dienone is 15. The second kappa shape index (κ2) is 27.6. The van der Waals surface area contributed by atoms with Gasteiger partial charge in [0.2, 0.25) is 0 Å². The Balaban J connectivity index is 2.04. The van der Waals surface area contributed by atoms with Crippen LogP contribution in [0.2, 0.25) is 0 Å². The van der Waals surface area contributed by atoms with Crippen molar-refractivity contribution in [1.82, 2.24) is 0 Å². The fourth-order valence-corrected chi connectivity index (χ4v) is 10.1. The van der Waals surface area contributed by atoms with Crippen LogP contribution in [0.1, 0.15) is 153 Å². The van der Waals surface area contributed by atoms with E-state index in [9.17, 15) is 8.42 Å². The third-order valence-electron chi connectivity index (χ3n) is 12.0. The van der Waals surface area contributed by atoms with E-state index in [4.69, 9.17) is 9.47 Å². The van der Waals surface area contributed by atoms with Crippen molar-refractivity contribution in [3.8, 4) is 0 Å². The predicted octanol–water partition coefficient (Wildman–Crippen LogP) is 15.3. The third kappa shape index (κ3) is 18.1. The lowest BCUT2D eigenvalue weighted by Crippen LogP contribution is -2.44. The summed E-state index contributed by atoms with van der Waals surface area (Å²) in [6.45, 7) is 23.9. The Morgan fingerprint density at radius 3 is 1.47 bits per heavy atom. The average molecular weight is 827 g/mol. The van der Waals surface area contributed by atoms with Gasteiger partial charge in [-0.3, -0.25) is 0 Å². The largest absolute Gasteiger partial charge is 0.376 e. The highest BCUT2D eigenvalue weighted by Gasteiger charge is 2.42. The summed E-state index contributed by atoms with van der Waals surface area (Å²) in [7, 11) is 0.0689. The van der Waals surface area contributed by atoms with Gasteiger partial charge >= 0.3 is 0 Å². The molecule has 5 heteroatoms. The van der Waals surface area contributed by atoms with Gasteiger partial charge in [-0.25, -0.2) is 8.42 Å². The van der Waals surface area contributed by atoms with Crippen LogP contribution in [-0.2, 0) is 19.3 Å². The molecule has 1 saturated carbocycles. The van der Waals surface area contributed by atoms with Crippen LogP contribution in [0.3, 0.4) is 0 Å². The molecule has 4 nitrogen and oxygen atoms in total. The molecule has 59 heavy (non-hydrogen) atoms. The predicted molar refractivity (Wildman–Crippen MR) is 257 cm³/mol. The van der Waals surface area contributed by atoms with Crippen molar-refractivity contribution in [2.75, 3.05) is 14.2 Å². The van der Waals surface area contributed by atoms with Gasteiger partial charge in [-0.05, 0) is 181 Å². The maximum Gasteiger partial charge on any atom is 0.185 e. The lowest BCUT2D eigenvalue weighted by molar-refractivity contribution is -0.0155. The highest BCUT2D eigenvalue weighted by atomic mass is 32.2. The van der Waals surface area contributed by atoms with Crippen LogP contribution < -0.4 is 0 Å². The minimum Gasteiger partial charge on any atom is -0.376 e. The second-order valence-electron chi connectivity index (χ2n) is 17.4. The minimum atomic E-state index is -3.55. The molecule has 1 fully saturated rings. The van der Waals surface area contributed by atoms with Gasteiger partial charge in [-0.15, -0.1) is 0 Å². The molecule has 1 aromatic carbocycles. The van der Waals surface area contributed by atoms with Gasteiger partial charge in [0.25, 0.3) is 0 Å². The van der Waals surface area contributed by atoms with Crippen molar-refractivity contribution < 1.29 is 17.9 Å². The molecule has 328 valence electrons. The molecule has 0 aliphatic heterocycles. The lowest BCUT2D eigenvalue weighted by atomic mass is 9.69. The molecular weight excluding hydrogens is 745 g/mol. The summed E-state index contributed by atoms with van der Waals surface area (Å²) >= 11 is 0. The summed E-state index contributed by atoms with van der Waals surface area (Å²) in [5, 5.41) is -0.609. The summed E-state index contributed by atoms with van der Waals surface area (Å²) in [6, 6.07) is 8.94. The molecule has 1 aliphatic carbocycles. The first-order valence-corrected chi connectivity index (χ1v) is 23.9. The number of sulfone groups is 1. The Hall–Kier alpha value is -3.25. The van der Waals surface area contributed by atoms with E-state index in [1.54, 1.807) is 12.1 Å². The summed E-state index contributed by atoms with van der Waals surface area (Å²) < 4.78 is 40.1. The van der Waals surface area contributed by atoms with Crippen LogP contribution in [0.4, 0.5) is 0 Å². The number of ether oxygens (including phenoxy) is 2. The monoisotopic (exact) mass is 827 g/mol. The zero-order valence-electron chi connectivity index (χ0n) is 39.5. The molecule has 0 heterocycles. The SMILES string of the molecule is C/C=C1\C(=C/C)C(OC)C(C/C=C(\C)CC/C=C(\C)CC(/C=C(\C)CC/C=C(\C)CC/C=C(\C)CC/C=C(\C)CCC=C(C)C)S(=O)(=O)c2ccccc2)C(C)C1OC. The number of methoxy groups -OCH3 is 2. The molecule has 1 aromatic rings. The Morgan fingerprint density at radius 2 is 1.02 bits per heavy atom. The number of rotatable bonds is 24. The Morgan fingerprint density at radius 1 is 0.593 bits per heavy atom. The van der Waals surface area contributed by atoms with E-state index < -0.39 is 15.1 Å². The standard InChI is InChI=1S/C54H82O4S/c1-14-50-51(15-2)54(58-13)52(47(11)53(50)57-12)37-36-44(8)31-23-33-46(10)39-49(59(55,56)48-34-17-16-18-35-48)38-45(9)32-22-30-43(7)29-21-28-42(6)27-20-26-41(5)25-19-24-40(3)4/h14-18,24,26,28,30,33-36,38,47,49,52-54H,19-23,25,27,29,31-32,37,39H2,1-13H3/b41-26+,42-28+,43-30+,44-36+,45-38+,46-33+,50-14+,51-15+. The maximum absolute atomic E-state index is 14.0. The van der Waals surface area contributed by atoms with Crippen LogP contribution in [0.15, 0.2) is 140 Å². The number of benzene rings is 1. The normalized spacial score (nSPS) is 22.3. The van der Waals surface area contributed by atoms with Crippen molar-refractivity contribution in [1.29, 1.82) is 0 Å². The minimum absolute atomic E-state index is 0.0332. The van der Waals surface area contributed by atoms with Gasteiger partial charge in [0, 0.05) is 14.2 Å². The van der Waals surface area contributed by atoms with E-state index in [1.165, 1.54) is 39.0 Å². The Labute approximate surface area is 363 Å². The van der Waals surface area contributed by atoms with Crippen LogP contribution in [0.5, 0.6) is 0 Å². The number of hydrogen-bond donors (Lipinski definition) is 0. The molecule has 2 rings (SSSR count). The first-order valence-electron chi connectivity index (χ1n) is 22.3. The van der Waals surface area contributed by atoms with Crippen molar-refractivity contribution in [3.63, 3.8) is 0 Å². The van der Waals surface area contributed by atoms with Gasteiger partial charge in [0.1, 0.15) is 0 Å². The van der Waals surface area contributed by atoms with E-state index in [1.807, 2.05) is 38.5 Å². The molecule has 5 unspecified atom stereocenters. The maximum atomic E-state index is 14.0. The van der Waals surface area contributed by atoms with Gasteiger partial charge in [-0.2, -0.15) is 0 Å². The van der Waals surface area contributed by atoms with Gasteiger partial charge in [0.15, 0.2) is 9.84 Å². The van der Waals surface area contributed by atoms with E-state index in [-0.39, 0.29) is 12.2 Å². The van der Waals surface area contributed by atoms with Crippen LogP contribution in [0, 0.1) is 11.8 Å². The zero-order chi connectivity index (χ0) is 44.0. The molecule has 0 bridgehead atoms. The van der Waals surface area contributed by atoms with Gasteiger partial charge < -0.3 is 9.47 Å². The van der Waals surface area contributed by atoms with Gasteiger partial charge in [-0.1, -0.05) is 119 Å². The van der Waals surface area contributed by atoms with E-state index in [2.05, 4.69) is 125 Å². The second-order valence-corrected chi connectivity index (χ2v) is 19.6. The molecule has 0 amide bonds. The first-order chi connectivity index (χ1) is 28.1.